The molecule has 0 bridgehead atoms. The van der Waals surface area contributed by atoms with Crippen molar-refractivity contribution < 1.29 is 0 Å². The lowest BCUT2D eigenvalue weighted by molar-refractivity contribution is 0.0535. The van der Waals surface area contributed by atoms with E-state index in [1.807, 2.05) is 0 Å². The molecule has 0 amide bonds. The number of nitrogens with one attached hydrogen (secondary N) is 1. The molecule has 1 fully saturated rings. The molecule has 1 aliphatic heterocycles. The maximum absolute atomic E-state index is 3.79. The zero-order valence-corrected chi connectivity index (χ0v) is 13.8. The molecule has 3 heteroatoms. The molecular formula is C16H35N3. The molecule has 0 aromatic rings. The van der Waals surface area contributed by atoms with Gasteiger partial charge in [0.15, 0.2) is 0 Å². The summed E-state index contributed by atoms with van der Waals surface area (Å²) in [5.41, 5.74) is 0. The molecule has 0 saturated carbocycles. The summed E-state index contributed by atoms with van der Waals surface area (Å²) in [5.74, 6) is 0. The Hall–Kier alpha value is -0.120. The van der Waals surface area contributed by atoms with Crippen LogP contribution in [0.25, 0.3) is 0 Å². The number of hydrogen-bond donors (Lipinski definition) is 1. The first kappa shape index (κ1) is 16.9. The van der Waals surface area contributed by atoms with Gasteiger partial charge >= 0.3 is 0 Å². The fraction of sp³-hybridized carbons (Fsp3) is 1.00. The third-order valence-electron chi connectivity index (χ3n) is 4.60. The molecule has 3 nitrogen and oxygen atoms in total. The molecule has 0 aliphatic carbocycles. The molecule has 0 aromatic heterocycles. The van der Waals surface area contributed by atoms with E-state index in [4.69, 9.17) is 0 Å². The first-order valence-corrected chi connectivity index (χ1v) is 8.31. The van der Waals surface area contributed by atoms with Gasteiger partial charge in [-0.1, -0.05) is 27.2 Å². The van der Waals surface area contributed by atoms with Crippen LogP contribution in [0.2, 0.25) is 0 Å². The number of hydrogen-bond acceptors (Lipinski definition) is 3. The van der Waals surface area contributed by atoms with Gasteiger partial charge in [-0.15, -0.1) is 0 Å². The fourth-order valence-corrected chi connectivity index (χ4v) is 3.25. The largest absolute Gasteiger partial charge is 0.312 e. The highest BCUT2D eigenvalue weighted by Gasteiger charge is 2.29. The molecule has 114 valence electrons. The Kier molecular flexibility index (Phi) is 7.96. The number of piperazine rings is 1. The van der Waals surface area contributed by atoms with E-state index in [9.17, 15) is 0 Å². The molecule has 1 saturated heterocycles. The van der Waals surface area contributed by atoms with Crippen molar-refractivity contribution in [2.45, 2.75) is 71.5 Å². The Labute approximate surface area is 120 Å². The van der Waals surface area contributed by atoms with Crippen LogP contribution in [0.1, 0.15) is 53.4 Å². The first-order chi connectivity index (χ1) is 9.13. The standard InChI is InChI=1S/C16H35N3/c1-6-9-15(17-10-7-2)16(8-3)19-12-11-18(5)14(4)13-19/h14-17H,6-13H2,1-5H3. The lowest BCUT2D eigenvalue weighted by Gasteiger charge is -2.44. The van der Waals surface area contributed by atoms with Crippen LogP contribution in [0.3, 0.4) is 0 Å². The van der Waals surface area contributed by atoms with Crippen LogP contribution in [-0.2, 0) is 0 Å². The van der Waals surface area contributed by atoms with E-state index in [1.165, 1.54) is 45.3 Å². The van der Waals surface area contributed by atoms with Crippen molar-refractivity contribution in [3.05, 3.63) is 0 Å². The molecule has 0 aromatic carbocycles. The van der Waals surface area contributed by atoms with Crippen molar-refractivity contribution in [3.63, 3.8) is 0 Å². The SMILES string of the molecule is CCCNC(CCC)C(CC)N1CCN(C)C(C)C1. The summed E-state index contributed by atoms with van der Waals surface area (Å²) in [6, 6.07) is 2.07. The van der Waals surface area contributed by atoms with Gasteiger partial charge in [0.05, 0.1) is 0 Å². The van der Waals surface area contributed by atoms with Crippen molar-refractivity contribution >= 4 is 0 Å². The summed E-state index contributed by atoms with van der Waals surface area (Å²) >= 11 is 0. The third kappa shape index (κ3) is 5.05. The molecule has 0 radical (unpaired) electrons. The van der Waals surface area contributed by atoms with Crippen molar-refractivity contribution in [1.29, 1.82) is 0 Å². The lowest BCUT2D eigenvalue weighted by Crippen LogP contribution is -2.58. The summed E-state index contributed by atoms with van der Waals surface area (Å²) in [7, 11) is 2.25. The Bertz CT molecular complexity index is 228. The Morgan fingerprint density at radius 3 is 2.42 bits per heavy atom. The van der Waals surface area contributed by atoms with Crippen LogP contribution in [-0.4, -0.2) is 61.2 Å². The van der Waals surface area contributed by atoms with E-state index in [0.29, 0.717) is 18.1 Å². The summed E-state index contributed by atoms with van der Waals surface area (Å²) in [5, 5.41) is 3.79. The molecule has 0 spiro atoms. The van der Waals surface area contributed by atoms with Gasteiger partial charge in [-0.05, 0) is 39.8 Å². The van der Waals surface area contributed by atoms with Gasteiger partial charge in [-0.3, -0.25) is 4.90 Å². The molecule has 3 atom stereocenters. The second kappa shape index (κ2) is 8.93. The normalized spacial score (nSPS) is 25.4. The van der Waals surface area contributed by atoms with E-state index < -0.39 is 0 Å². The van der Waals surface area contributed by atoms with E-state index in [0.717, 1.165) is 6.54 Å². The minimum atomic E-state index is 0.672. The number of rotatable bonds is 8. The summed E-state index contributed by atoms with van der Waals surface area (Å²) < 4.78 is 0. The smallest absolute Gasteiger partial charge is 0.0247 e. The van der Waals surface area contributed by atoms with Gasteiger partial charge in [-0.25, -0.2) is 0 Å². The average molecular weight is 269 g/mol. The van der Waals surface area contributed by atoms with Crippen LogP contribution in [0.4, 0.5) is 0 Å². The molecule has 1 heterocycles. The summed E-state index contributed by atoms with van der Waals surface area (Å²) in [6.45, 7) is 14.1. The molecule has 1 N–H and O–H groups in total. The highest BCUT2D eigenvalue weighted by atomic mass is 15.3. The van der Waals surface area contributed by atoms with Crippen LogP contribution in [0, 0.1) is 0 Å². The van der Waals surface area contributed by atoms with Crippen LogP contribution in [0.15, 0.2) is 0 Å². The van der Waals surface area contributed by atoms with E-state index in [2.05, 4.69) is 49.9 Å². The number of likely N-dealkylation sites (N-methyl/N-ethyl adjacent to an activating group) is 1. The Morgan fingerprint density at radius 2 is 1.89 bits per heavy atom. The first-order valence-electron chi connectivity index (χ1n) is 8.31. The maximum atomic E-state index is 3.79. The minimum Gasteiger partial charge on any atom is -0.312 e. The minimum absolute atomic E-state index is 0.672. The van der Waals surface area contributed by atoms with E-state index in [1.54, 1.807) is 0 Å². The van der Waals surface area contributed by atoms with Crippen molar-refractivity contribution in [1.82, 2.24) is 15.1 Å². The number of nitrogens with zero attached hydrogens (tertiary/aromatic N) is 2. The zero-order chi connectivity index (χ0) is 14.3. The summed E-state index contributed by atoms with van der Waals surface area (Å²) in [6.07, 6.45) is 5.08. The van der Waals surface area contributed by atoms with Gasteiger partial charge in [0, 0.05) is 37.8 Å². The molecule has 1 aliphatic rings. The average Bonchev–Trinajstić information content (AvgIpc) is 2.40. The third-order valence-corrected chi connectivity index (χ3v) is 4.60. The molecule has 3 unspecified atom stereocenters. The van der Waals surface area contributed by atoms with Crippen molar-refractivity contribution in [2.75, 3.05) is 33.2 Å². The molecule has 1 rings (SSSR count). The second-order valence-electron chi connectivity index (χ2n) is 6.15. The molecular weight excluding hydrogens is 234 g/mol. The quantitative estimate of drug-likeness (QED) is 0.730. The summed E-state index contributed by atoms with van der Waals surface area (Å²) in [4.78, 5) is 5.21. The Balaban J connectivity index is 2.61. The van der Waals surface area contributed by atoms with E-state index >= 15 is 0 Å². The second-order valence-corrected chi connectivity index (χ2v) is 6.15. The predicted molar refractivity (Wildman–Crippen MR) is 84.7 cm³/mol. The van der Waals surface area contributed by atoms with Gasteiger partial charge in [0.25, 0.3) is 0 Å². The van der Waals surface area contributed by atoms with Crippen LogP contribution in [0.5, 0.6) is 0 Å². The van der Waals surface area contributed by atoms with Crippen LogP contribution >= 0.6 is 0 Å². The molecule has 19 heavy (non-hydrogen) atoms. The fourth-order valence-electron chi connectivity index (χ4n) is 3.25. The van der Waals surface area contributed by atoms with Crippen molar-refractivity contribution in [2.24, 2.45) is 0 Å². The topological polar surface area (TPSA) is 18.5 Å². The highest BCUT2D eigenvalue weighted by Crippen LogP contribution is 2.18. The maximum Gasteiger partial charge on any atom is 0.0247 e. The van der Waals surface area contributed by atoms with Crippen molar-refractivity contribution in [3.8, 4) is 0 Å². The lowest BCUT2D eigenvalue weighted by atomic mass is 9.97. The van der Waals surface area contributed by atoms with Gasteiger partial charge in [0.2, 0.25) is 0 Å². The highest BCUT2D eigenvalue weighted by molar-refractivity contribution is 4.88. The van der Waals surface area contributed by atoms with Gasteiger partial charge < -0.3 is 10.2 Å². The van der Waals surface area contributed by atoms with E-state index in [-0.39, 0.29) is 0 Å². The van der Waals surface area contributed by atoms with Crippen LogP contribution < -0.4 is 5.32 Å². The monoisotopic (exact) mass is 269 g/mol. The predicted octanol–water partition coefficient (Wildman–Crippen LogP) is 2.57. The zero-order valence-electron chi connectivity index (χ0n) is 13.8. The van der Waals surface area contributed by atoms with Gasteiger partial charge in [0.1, 0.15) is 0 Å². The van der Waals surface area contributed by atoms with Gasteiger partial charge in [-0.2, -0.15) is 0 Å². The Morgan fingerprint density at radius 1 is 1.16 bits per heavy atom.